The first-order valence-corrected chi connectivity index (χ1v) is 18.1. The van der Waals surface area contributed by atoms with Crippen LogP contribution in [0.25, 0.3) is 55.0 Å². The number of hydrazine groups is 1. The van der Waals surface area contributed by atoms with Crippen molar-refractivity contribution in [3.05, 3.63) is 180 Å². The Kier molecular flexibility index (Phi) is 8.36. The van der Waals surface area contributed by atoms with Gasteiger partial charge in [-0.2, -0.15) is 0 Å². The number of para-hydroxylation sites is 2. The number of benzene rings is 6. The fourth-order valence-corrected chi connectivity index (χ4v) is 7.63. The van der Waals surface area contributed by atoms with Crippen LogP contribution in [0.5, 0.6) is 0 Å². The number of furan rings is 1. The number of hydrogen-bond donors (Lipinski definition) is 1. The predicted molar refractivity (Wildman–Crippen MR) is 217 cm³/mol. The van der Waals surface area contributed by atoms with Crippen LogP contribution in [0.1, 0.15) is 41.8 Å². The summed E-state index contributed by atoms with van der Waals surface area (Å²) in [4.78, 5) is 5.22. The maximum absolute atomic E-state index is 6.55. The summed E-state index contributed by atoms with van der Waals surface area (Å²) >= 11 is 0. The molecule has 0 radical (unpaired) electrons. The van der Waals surface area contributed by atoms with Gasteiger partial charge in [0.05, 0.1) is 11.0 Å². The van der Waals surface area contributed by atoms with E-state index in [-0.39, 0.29) is 6.17 Å². The van der Waals surface area contributed by atoms with Gasteiger partial charge in [0.2, 0.25) is 0 Å². The van der Waals surface area contributed by atoms with Crippen LogP contribution in [0.15, 0.2) is 167 Å². The summed E-state index contributed by atoms with van der Waals surface area (Å²) in [5, 5.41) is 6.76. The van der Waals surface area contributed by atoms with E-state index in [2.05, 4.69) is 169 Å². The van der Waals surface area contributed by atoms with Crippen molar-refractivity contribution in [3.8, 4) is 5.69 Å². The molecule has 2 aromatic heterocycles. The number of allylic oxidation sites excluding steroid dienone is 4. The Bertz CT molecular complexity index is 2640. The van der Waals surface area contributed by atoms with Gasteiger partial charge in [-0.1, -0.05) is 128 Å². The minimum Gasteiger partial charge on any atom is -0.454 e. The van der Waals surface area contributed by atoms with Gasteiger partial charge in [0, 0.05) is 47.0 Å². The van der Waals surface area contributed by atoms with Crippen LogP contribution in [0, 0.1) is 5.92 Å². The Labute approximate surface area is 303 Å². The highest BCUT2D eigenvalue weighted by molar-refractivity contribution is 6.21. The zero-order valence-electron chi connectivity index (χ0n) is 29.4. The molecule has 52 heavy (non-hydrogen) atoms. The molecule has 9 rings (SSSR count). The molecule has 2 atom stereocenters. The highest BCUT2D eigenvalue weighted by Crippen LogP contribution is 2.40. The van der Waals surface area contributed by atoms with E-state index in [1.807, 2.05) is 24.4 Å². The highest BCUT2D eigenvalue weighted by Gasteiger charge is 2.20. The second kappa shape index (κ2) is 13.6. The zero-order chi connectivity index (χ0) is 35.0. The Morgan fingerprint density at radius 1 is 0.808 bits per heavy atom. The van der Waals surface area contributed by atoms with Crippen molar-refractivity contribution in [2.45, 2.75) is 26.1 Å². The lowest BCUT2D eigenvalue weighted by Gasteiger charge is -2.27. The van der Waals surface area contributed by atoms with Crippen LogP contribution in [0.2, 0.25) is 0 Å². The molecule has 5 nitrogen and oxygen atoms in total. The lowest BCUT2D eigenvalue weighted by atomic mass is 9.90. The number of fused-ring (bicyclic) bond motifs is 7. The fourth-order valence-electron chi connectivity index (χ4n) is 7.63. The molecule has 0 saturated carbocycles. The lowest BCUT2D eigenvalue weighted by Crippen LogP contribution is -2.36. The van der Waals surface area contributed by atoms with Crippen molar-refractivity contribution in [2.75, 3.05) is 7.05 Å². The third-order valence-corrected chi connectivity index (χ3v) is 10.3. The van der Waals surface area contributed by atoms with E-state index in [9.17, 15) is 0 Å². The summed E-state index contributed by atoms with van der Waals surface area (Å²) in [7, 11) is 2.08. The van der Waals surface area contributed by atoms with Crippen LogP contribution < -0.4 is 5.43 Å². The topological polar surface area (TPSA) is 45.7 Å². The van der Waals surface area contributed by atoms with Gasteiger partial charge in [0.15, 0.2) is 5.58 Å². The van der Waals surface area contributed by atoms with Gasteiger partial charge < -0.3 is 8.98 Å². The van der Waals surface area contributed by atoms with E-state index in [4.69, 9.17) is 9.41 Å². The molecule has 0 saturated heterocycles. The summed E-state index contributed by atoms with van der Waals surface area (Å²) in [6, 6.07) is 49.3. The van der Waals surface area contributed by atoms with E-state index in [1.54, 1.807) is 0 Å². The second-order valence-corrected chi connectivity index (χ2v) is 13.8. The SMILES string of the molecule is CC1C=CC=C(c2cccc(C(/N=C/c3ccc(-n4c5ccccc5c5ccc6c7ccccc7oc6c54)cc3)N(C)NCc3ccccc3)c2)C1. The Morgan fingerprint density at radius 3 is 2.42 bits per heavy atom. The summed E-state index contributed by atoms with van der Waals surface area (Å²) in [6.45, 7) is 2.98. The first-order chi connectivity index (χ1) is 25.6. The maximum atomic E-state index is 6.55. The van der Waals surface area contributed by atoms with E-state index < -0.39 is 0 Å². The minimum atomic E-state index is -0.237. The number of aromatic nitrogens is 1. The van der Waals surface area contributed by atoms with Gasteiger partial charge in [0.1, 0.15) is 11.7 Å². The second-order valence-electron chi connectivity index (χ2n) is 13.8. The molecule has 254 valence electrons. The largest absolute Gasteiger partial charge is 0.454 e. The summed E-state index contributed by atoms with van der Waals surface area (Å²) in [6.07, 6.45) is 9.49. The molecule has 0 bridgehead atoms. The highest BCUT2D eigenvalue weighted by atomic mass is 16.3. The predicted octanol–water partition coefficient (Wildman–Crippen LogP) is 11.4. The molecule has 0 spiro atoms. The lowest BCUT2D eigenvalue weighted by molar-refractivity contribution is 0.166. The fraction of sp³-hybridized carbons (Fsp3) is 0.128. The van der Waals surface area contributed by atoms with Gasteiger partial charge in [-0.15, -0.1) is 0 Å². The molecule has 0 fully saturated rings. The van der Waals surface area contributed by atoms with Crippen LogP contribution >= 0.6 is 0 Å². The van der Waals surface area contributed by atoms with Gasteiger partial charge in [-0.25, -0.2) is 10.4 Å². The van der Waals surface area contributed by atoms with Gasteiger partial charge >= 0.3 is 0 Å². The Morgan fingerprint density at radius 2 is 1.58 bits per heavy atom. The molecule has 6 aromatic carbocycles. The molecular weight excluding hydrogens is 637 g/mol. The molecule has 0 amide bonds. The number of nitrogens with zero attached hydrogens (tertiary/aromatic N) is 3. The van der Waals surface area contributed by atoms with Crippen molar-refractivity contribution < 1.29 is 4.42 Å². The van der Waals surface area contributed by atoms with Gasteiger partial charge in [0.25, 0.3) is 0 Å². The van der Waals surface area contributed by atoms with Crippen molar-refractivity contribution in [1.29, 1.82) is 0 Å². The molecule has 1 N–H and O–H groups in total. The molecule has 1 aliphatic carbocycles. The molecule has 8 aromatic rings. The third-order valence-electron chi connectivity index (χ3n) is 10.3. The number of rotatable bonds is 9. The third kappa shape index (κ3) is 5.94. The van der Waals surface area contributed by atoms with Crippen LogP contribution in [-0.4, -0.2) is 22.8 Å². The average molecular weight is 677 g/mol. The standard InChI is InChI=1S/C47H40N4O/c1-32-12-10-15-35(28-32)36-16-11-17-37(29-36)47(50(2)49-31-33-13-4-3-5-14-33)48-30-34-22-24-38(25-23-34)51-43-20-8-6-18-39(43)41-26-27-42-40-19-7-9-21-44(40)52-46(42)45(41)51/h3-27,29-30,32,47,49H,28,31H2,1-2H3/b48-30+. The molecule has 2 unspecified atom stereocenters. The average Bonchev–Trinajstić information content (AvgIpc) is 3.74. The van der Waals surface area contributed by atoms with E-state index in [1.165, 1.54) is 27.5 Å². The molecule has 5 heteroatoms. The quantitative estimate of drug-likeness (QED) is 0.122. The minimum absolute atomic E-state index is 0.237. The Hall–Kier alpha value is -6.01. The maximum Gasteiger partial charge on any atom is 0.160 e. The van der Waals surface area contributed by atoms with Crippen LogP contribution in [0.4, 0.5) is 0 Å². The normalized spacial score (nSPS) is 15.4. The van der Waals surface area contributed by atoms with Crippen molar-refractivity contribution >= 4 is 55.5 Å². The zero-order valence-corrected chi connectivity index (χ0v) is 29.4. The van der Waals surface area contributed by atoms with Crippen molar-refractivity contribution in [2.24, 2.45) is 10.9 Å². The first kappa shape index (κ1) is 31.9. The van der Waals surface area contributed by atoms with E-state index in [0.717, 1.165) is 56.2 Å². The van der Waals surface area contributed by atoms with E-state index in [0.29, 0.717) is 12.5 Å². The number of nitrogens with one attached hydrogen (secondary N) is 1. The van der Waals surface area contributed by atoms with Gasteiger partial charge in [-0.3, -0.25) is 4.99 Å². The summed E-state index contributed by atoms with van der Waals surface area (Å²) < 4.78 is 8.89. The first-order valence-electron chi connectivity index (χ1n) is 18.1. The number of aliphatic imine (C=N–C) groups is 1. The number of hydrogen-bond acceptors (Lipinski definition) is 4. The van der Waals surface area contributed by atoms with Crippen molar-refractivity contribution in [3.63, 3.8) is 0 Å². The van der Waals surface area contributed by atoms with E-state index >= 15 is 0 Å². The molecule has 0 aliphatic heterocycles. The van der Waals surface area contributed by atoms with Crippen LogP contribution in [0.3, 0.4) is 0 Å². The Balaban J connectivity index is 1.08. The monoisotopic (exact) mass is 676 g/mol. The molecule has 1 aliphatic rings. The molecule has 2 heterocycles. The van der Waals surface area contributed by atoms with Crippen molar-refractivity contribution in [1.82, 2.24) is 15.0 Å². The summed E-state index contributed by atoms with van der Waals surface area (Å²) in [5.41, 5.74) is 14.7. The van der Waals surface area contributed by atoms with Gasteiger partial charge in [-0.05, 0) is 76.6 Å². The smallest absolute Gasteiger partial charge is 0.160 e. The summed E-state index contributed by atoms with van der Waals surface area (Å²) in [5.74, 6) is 0.530. The van der Waals surface area contributed by atoms with Crippen LogP contribution in [-0.2, 0) is 6.54 Å². The molecular formula is C47H40N4O.